The fourth-order valence-corrected chi connectivity index (χ4v) is 5.02. The summed E-state index contributed by atoms with van der Waals surface area (Å²) >= 11 is 1.55. The van der Waals surface area contributed by atoms with Gasteiger partial charge >= 0.3 is 0 Å². The minimum Gasteiger partial charge on any atom is -0.310 e. The molecule has 5 nitrogen and oxygen atoms in total. The van der Waals surface area contributed by atoms with Crippen molar-refractivity contribution in [3.63, 3.8) is 0 Å². The van der Waals surface area contributed by atoms with Crippen LogP contribution >= 0.6 is 11.8 Å². The molecule has 1 atom stereocenters. The number of halogens is 1. The van der Waals surface area contributed by atoms with Crippen LogP contribution in [-0.2, 0) is 21.4 Å². The fourth-order valence-electron chi connectivity index (χ4n) is 2.75. The number of carbonyl (C=O) groups excluding carboxylic acids is 1. The summed E-state index contributed by atoms with van der Waals surface area (Å²) in [5.74, 6) is -0.434. The molecule has 1 heterocycles. The molecule has 138 valence electrons. The predicted octanol–water partition coefficient (Wildman–Crippen LogP) is 3.15. The summed E-state index contributed by atoms with van der Waals surface area (Å²) in [6, 6.07) is 10.4. The van der Waals surface area contributed by atoms with Gasteiger partial charge in [0.05, 0.1) is 10.6 Å². The lowest BCUT2D eigenvalue weighted by Crippen LogP contribution is -2.37. The first-order chi connectivity index (χ1) is 12.3. The second-order valence-corrected chi connectivity index (χ2v) is 9.39. The van der Waals surface area contributed by atoms with Crippen molar-refractivity contribution in [1.29, 1.82) is 0 Å². The maximum atomic E-state index is 12.9. The van der Waals surface area contributed by atoms with Crippen LogP contribution in [0.4, 0.5) is 10.1 Å². The Hall–Kier alpha value is -1.90. The lowest BCUT2D eigenvalue weighted by Gasteiger charge is -2.32. The molecule has 2 aromatic carbocycles. The highest BCUT2D eigenvalue weighted by Crippen LogP contribution is 2.39. The first kappa shape index (κ1) is 18.9. The Morgan fingerprint density at radius 1 is 1.27 bits per heavy atom. The second-order valence-electron chi connectivity index (χ2n) is 6.14. The summed E-state index contributed by atoms with van der Waals surface area (Å²) in [6.07, 6.45) is 0. The number of fused-ring (bicyclic) bond motifs is 1. The van der Waals surface area contributed by atoms with Gasteiger partial charge in [0, 0.05) is 30.2 Å². The Balaban J connectivity index is 1.83. The molecule has 1 aliphatic rings. The summed E-state index contributed by atoms with van der Waals surface area (Å²) < 4.78 is 40.6. The van der Waals surface area contributed by atoms with Gasteiger partial charge in [0.2, 0.25) is 15.9 Å². The van der Waals surface area contributed by atoms with E-state index in [4.69, 9.17) is 0 Å². The van der Waals surface area contributed by atoms with Crippen LogP contribution < -0.4 is 9.62 Å². The molecule has 0 aliphatic carbocycles. The Kier molecular flexibility index (Phi) is 5.36. The minimum absolute atomic E-state index is 0.0663. The van der Waals surface area contributed by atoms with Crippen LogP contribution in [0, 0.1) is 5.82 Å². The lowest BCUT2D eigenvalue weighted by molar-refractivity contribution is -0.116. The summed E-state index contributed by atoms with van der Waals surface area (Å²) in [5.41, 5.74) is 1.40. The van der Waals surface area contributed by atoms with Crippen LogP contribution in [0.5, 0.6) is 0 Å². The summed E-state index contributed by atoms with van der Waals surface area (Å²) in [5, 5.41) is 0.177. The molecule has 1 unspecified atom stereocenters. The molecule has 0 saturated carbocycles. The molecule has 1 aliphatic heterocycles. The van der Waals surface area contributed by atoms with Crippen molar-refractivity contribution in [3.8, 4) is 0 Å². The smallest absolute Gasteiger partial charge is 0.240 e. The third kappa shape index (κ3) is 4.08. The molecule has 26 heavy (non-hydrogen) atoms. The summed E-state index contributed by atoms with van der Waals surface area (Å²) in [7, 11) is -3.72. The summed E-state index contributed by atoms with van der Waals surface area (Å²) in [4.78, 5) is 14.4. The van der Waals surface area contributed by atoms with Crippen molar-refractivity contribution in [3.05, 3.63) is 53.8 Å². The van der Waals surface area contributed by atoms with Crippen molar-refractivity contribution in [2.75, 3.05) is 11.4 Å². The van der Waals surface area contributed by atoms with E-state index in [0.29, 0.717) is 12.1 Å². The molecular weight excluding hydrogens is 375 g/mol. The van der Waals surface area contributed by atoms with Gasteiger partial charge in [-0.1, -0.05) is 19.1 Å². The highest BCUT2D eigenvalue weighted by Gasteiger charge is 2.27. The third-order valence-corrected chi connectivity index (χ3v) is 6.59. The molecule has 1 N–H and O–H groups in total. The summed E-state index contributed by atoms with van der Waals surface area (Å²) in [6.45, 7) is 4.17. The Labute approximate surface area is 156 Å². The number of benzene rings is 2. The maximum Gasteiger partial charge on any atom is 0.240 e. The molecule has 1 amide bonds. The quantitative estimate of drug-likeness (QED) is 0.865. The number of rotatable bonds is 4. The monoisotopic (exact) mass is 394 g/mol. The number of hydrogen-bond donors (Lipinski definition) is 1. The van der Waals surface area contributed by atoms with Crippen LogP contribution in [0.25, 0.3) is 0 Å². The van der Waals surface area contributed by atoms with Gasteiger partial charge in [-0.05, 0) is 35.9 Å². The van der Waals surface area contributed by atoms with E-state index >= 15 is 0 Å². The average Bonchev–Trinajstić information content (AvgIpc) is 2.60. The third-order valence-electron chi connectivity index (χ3n) is 4.06. The average molecular weight is 394 g/mol. The van der Waals surface area contributed by atoms with Crippen LogP contribution in [0.1, 0.15) is 19.4 Å². The molecule has 8 heteroatoms. The van der Waals surface area contributed by atoms with E-state index in [1.807, 2.05) is 6.92 Å². The number of hydrogen-bond acceptors (Lipinski definition) is 4. The second kappa shape index (κ2) is 7.38. The molecule has 0 bridgehead atoms. The van der Waals surface area contributed by atoms with Crippen LogP contribution in [0.2, 0.25) is 0 Å². The molecular formula is C18H19FN2O3S2. The zero-order chi connectivity index (χ0) is 18.9. The largest absolute Gasteiger partial charge is 0.310 e. The number of thioether (sulfide) groups is 1. The van der Waals surface area contributed by atoms with Gasteiger partial charge < -0.3 is 4.90 Å². The number of nitrogens with zero attached hydrogens (tertiary/aromatic N) is 1. The molecule has 0 radical (unpaired) electrons. The van der Waals surface area contributed by atoms with E-state index in [1.54, 1.807) is 28.8 Å². The Bertz CT molecular complexity index is 930. The van der Waals surface area contributed by atoms with Gasteiger partial charge in [-0.25, -0.2) is 17.5 Å². The molecule has 0 spiro atoms. The van der Waals surface area contributed by atoms with Crippen molar-refractivity contribution in [1.82, 2.24) is 4.72 Å². The zero-order valence-electron chi connectivity index (χ0n) is 14.4. The number of anilines is 1. The normalized spacial score (nSPS) is 17.0. The molecule has 0 aromatic heterocycles. The SMILES string of the molecule is CC(=O)N1CC(C)Sc2cc(S(=O)(=O)NCc3ccc(F)cc3)ccc21. The van der Waals surface area contributed by atoms with Crippen LogP contribution in [-0.4, -0.2) is 26.1 Å². The predicted molar refractivity (Wildman–Crippen MR) is 100 cm³/mol. The number of sulfonamides is 1. The van der Waals surface area contributed by atoms with E-state index in [2.05, 4.69) is 4.72 Å². The standard InChI is InChI=1S/C18H19FN2O3S2/c1-12-11-21(13(2)22)17-8-7-16(9-18(17)25-12)26(23,24)20-10-14-3-5-15(19)6-4-14/h3-9,12,20H,10-11H2,1-2H3. The van der Waals surface area contributed by atoms with Crippen molar-refractivity contribution >= 4 is 33.4 Å². The Morgan fingerprint density at radius 3 is 2.62 bits per heavy atom. The van der Waals surface area contributed by atoms with Crippen LogP contribution in [0.3, 0.4) is 0 Å². The van der Waals surface area contributed by atoms with E-state index in [0.717, 1.165) is 10.6 Å². The van der Waals surface area contributed by atoms with Gasteiger partial charge in [0.15, 0.2) is 0 Å². The van der Waals surface area contributed by atoms with E-state index in [-0.39, 0.29) is 28.4 Å². The fraction of sp³-hybridized carbons (Fsp3) is 0.278. The molecule has 3 rings (SSSR count). The number of carbonyl (C=O) groups is 1. The van der Waals surface area contributed by atoms with E-state index in [1.165, 1.54) is 37.3 Å². The van der Waals surface area contributed by atoms with Gasteiger partial charge in [-0.15, -0.1) is 11.8 Å². The van der Waals surface area contributed by atoms with Gasteiger partial charge in [-0.3, -0.25) is 4.79 Å². The Morgan fingerprint density at radius 2 is 1.96 bits per heavy atom. The van der Waals surface area contributed by atoms with E-state index in [9.17, 15) is 17.6 Å². The molecule has 2 aromatic rings. The highest BCUT2D eigenvalue weighted by atomic mass is 32.2. The number of nitrogens with one attached hydrogen (secondary N) is 1. The topological polar surface area (TPSA) is 66.5 Å². The number of amides is 1. The van der Waals surface area contributed by atoms with Crippen molar-refractivity contribution in [2.45, 2.75) is 35.4 Å². The molecule has 0 saturated heterocycles. The lowest BCUT2D eigenvalue weighted by atomic mass is 10.2. The first-order valence-electron chi connectivity index (χ1n) is 8.09. The van der Waals surface area contributed by atoms with E-state index < -0.39 is 10.0 Å². The van der Waals surface area contributed by atoms with Gasteiger partial charge in [0.25, 0.3) is 0 Å². The van der Waals surface area contributed by atoms with Gasteiger partial charge in [-0.2, -0.15) is 0 Å². The minimum atomic E-state index is -3.72. The van der Waals surface area contributed by atoms with Crippen molar-refractivity contribution < 1.29 is 17.6 Å². The van der Waals surface area contributed by atoms with Crippen LogP contribution in [0.15, 0.2) is 52.3 Å². The van der Waals surface area contributed by atoms with Gasteiger partial charge in [0.1, 0.15) is 5.82 Å². The molecule has 0 fully saturated rings. The first-order valence-corrected chi connectivity index (χ1v) is 10.5. The maximum absolute atomic E-state index is 12.9. The zero-order valence-corrected chi connectivity index (χ0v) is 16.0. The highest BCUT2D eigenvalue weighted by molar-refractivity contribution is 8.00. The van der Waals surface area contributed by atoms with Crippen molar-refractivity contribution in [2.24, 2.45) is 0 Å².